The molecule has 0 aromatic heterocycles. The molecule has 0 aromatic carbocycles. The van der Waals surface area contributed by atoms with Crippen LogP contribution in [0.5, 0.6) is 0 Å². The van der Waals surface area contributed by atoms with Crippen LogP contribution in [0, 0.1) is 20.3 Å². The van der Waals surface area contributed by atoms with Gasteiger partial charge < -0.3 is 7.43 Å². The zero-order valence-corrected chi connectivity index (χ0v) is 8.73. The molecule has 3 heteroatoms. The van der Waals surface area contributed by atoms with Crippen molar-refractivity contribution in [3.8, 4) is 0 Å². The minimum atomic E-state index is 0. The van der Waals surface area contributed by atoms with Crippen LogP contribution in [0.1, 0.15) is 13.8 Å². The molecule has 0 amide bonds. The fourth-order valence-electron chi connectivity index (χ4n) is 0.326. The van der Waals surface area contributed by atoms with Gasteiger partial charge in [-0.2, -0.15) is 0 Å². The third kappa shape index (κ3) is 16.2. The smallest absolute Gasteiger partial charge is 0.358 e. The third-order valence-corrected chi connectivity index (χ3v) is 0.757. The Kier molecular flexibility index (Phi) is 24.3. The molecule has 0 radical (unpaired) electrons. The molecule has 0 rings (SSSR count). The zero-order chi connectivity index (χ0) is 7.66. The van der Waals surface area contributed by atoms with Crippen LogP contribution in [-0.4, -0.2) is 0 Å². The topological polar surface area (TPSA) is 24.7 Å². The molecule has 0 fully saturated rings. The first-order valence-electron chi connectivity index (χ1n) is 3.20. The minimum absolute atomic E-state index is 0. The predicted octanol–water partition coefficient (Wildman–Crippen LogP) is 3.36. The molecule has 0 aliphatic heterocycles. The Balaban J connectivity index is -0.000000405. The van der Waals surface area contributed by atoms with Crippen molar-refractivity contribution in [1.82, 2.24) is 0 Å². The summed E-state index contributed by atoms with van der Waals surface area (Å²) >= 11 is 0. The molecule has 0 unspecified atom stereocenters. The van der Waals surface area contributed by atoms with E-state index in [0.29, 0.717) is 0 Å². The van der Waals surface area contributed by atoms with E-state index in [2.05, 4.69) is 10.2 Å². The van der Waals surface area contributed by atoms with Crippen molar-refractivity contribution in [2.45, 2.75) is 13.8 Å². The Bertz CT molecular complexity index is 123. The van der Waals surface area contributed by atoms with Gasteiger partial charge in [0.05, 0.1) is 0 Å². The molecule has 2 nitrogen and oxygen atoms in total. The van der Waals surface area contributed by atoms with Gasteiger partial charge in [0.1, 0.15) is 0 Å². The summed E-state index contributed by atoms with van der Waals surface area (Å²) < 4.78 is 0. The van der Waals surface area contributed by atoms with E-state index in [1.165, 1.54) is 0 Å². The van der Waals surface area contributed by atoms with Crippen molar-refractivity contribution in [1.29, 1.82) is 0 Å². The SMILES string of the molecule is C[CH-]\C=C/N=N\C=C/[CH-]C.[CH3-].[Co+3]. The van der Waals surface area contributed by atoms with Crippen molar-refractivity contribution in [3.63, 3.8) is 0 Å². The number of hydrogen-bond donors (Lipinski definition) is 0. The standard InChI is InChI=1S/C8H12N2.CH3.Co/c1-3-5-7-9-10-8-6-4-2;;/h3-8H,1-2H3;1H3;/q-2;-1;+3/b7-5-,8-6-,10-9-;;. The van der Waals surface area contributed by atoms with Gasteiger partial charge in [-0.05, 0) is 0 Å². The number of azo groups is 1. The summed E-state index contributed by atoms with van der Waals surface area (Å²) in [5.41, 5.74) is 0. The molecule has 0 aliphatic carbocycles. The van der Waals surface area contributed by atoms with E-state index in [4.69, 9.17) is 0 Å². The number of rotatable bonds is 4. The van der Waals surface area contributed by atoms with Crippen molar-refractivity contribution in [2.24, 2.45) is 10.2 Å². The summed E-state index contributed by atoms with van der Waals surface area (Å²) in [5, 5.41) is 7.41. The largest absolute Gasteiger partial charge is 3.00 e. The van der Waals surface area contributed by atoms with Crippen LogP contribution in [0.2, 0.25) is 0 Å². The van der Waals surface area contributed by atoms with E-state index in [1.807, 2.05) is 38.8 Å². The van der Waals surface area contributed by atoms with Gasteiger partial charge in [-0.15, -0.1) is 26.2 Å². The second-order valence-corrected chi connectivity index (χ2v) is 1.58. The Hall–Kier alpha value is -0.674. The maximum atomic E-state index is 3.70. The van der Waals surface area contributed by atoms with E-state index in [0.717, 1.165) is 0 Å². The average molecular weight is 210 g/mol. The monoisotopic (exact) mass is 210 g/mol. The van der Waals surface area contributed by atoms with Crippen molar-refractivity contribution < 1.29 is 16.8 Å². The molecular weight excluding hydrogens is 195 g/mol. The molecule has 70 valence electrons. The molecular formula is C9H15CoN2. The maximum absolute atomic E-state index is 3.70. The summed E-state index contributed by atoms with van der Waals surface area (Å²) in [4.78, 5) is 0. The van der Waals surface area contributed by atoms with Gasteiger partial charge in [0, 0.05) is 0 Å². The Morgan fingerprint density at radius 2 is 1.25 bits per heavy atom. The Morgan fingerprint density at radius 1 is 0.917 bits per heavy atom. The summed E-state index contributed by atoms with van der Waals surface area (Å²) in [6, 6.07) is 0. The van der Waals surface area contributed by atoms with Gasteiger partial charge in [-0.3, -0.25) is 10.2 Å². The molecule has 0 aromatic rings. The van der Waals surface area contributed by atoms with Crippen molar-refractivity contribution in [2.75, 3.05) is 0 Å². The van der Waals surface area contributed by atoms with Gasteiger partial charge in [0.2, 0.25) is 0 Å². The van der Waals surface area contributed by atoms with Crippen molar-refractivity contribution >= 4 is 0 Å². The number of nitrogens with zero attached hydrogens (tertiary/aromatic N) is 2. The average Bonchev–Trinajstić information content (AvgIpc) is 1.97. The van der Waals surface area contributed by atoms with Crippen LogP contribution in [0.15, 0.2) is 34.8 Å². The van der Waals surface area contributed by atoms with E-state index < -0.39 is 0 Å². The van der Waals surface area contributed by atoms with Crippen LogP contribution in [0.3, 0.4) is 0 Å². The van der Waals surface area contributed by atoms with E-state index >= 15 is 0 Å². The van der Waals surface area contributed by atoms with E-state index in [1.54, 1.807) is 12.4 Å². The number of allylic oxidation sites excluding steroid dienone is 2. The molecule has 0 saturated carbocycles. The second-order valence-electron chi connectivity index (χ2n) is 1.58. The van der Waals surface area contributed by atoms with Crippen molar-refractivity contribution in [3.05, 3.63) is 44.8 Å². The molecule has 0 heterocycles. The van der Waals surface area contributed by atoms with E-state index in [9.17, 15) is 0 Å². The zero-order valence-electron chi connectivity index (χ0n) is 7.69. The van der Waals surface area contributed by atoms with Crippen LogP contribution in [-0.2, 0) is 16.8 Å². The van der Waals surface area contributed by atoms with Crippen LogP contribution in [0.25, 0.3) is 0 Å². The molecule has 0 saturated heterocycles. The first-order valence-corrected chi connectivity index (χ1v) is 3.20. The first kappa shape index (κ1) is 17.4. The molecule has 0 N–H and O–H groups in total. The number of hydrogen-bond acceptors (Lipinski definition) is 2. The Morgan fingerprint density at radius 3 is 1.50 bits per heavy atom. The fourth-order valence-corrected chi connectivity index (χ4v) is 0.326. The van der Waals surface area contributed by atoms with Crippen LogP contribution >= 0.6 is 0 Å². The Labute approximate surface area is 86.1 Å². The summed E-state index contributed by atoms with van der Waals surface area (Å²) in [7, 11) is 0. The molecule has 0 aliphatic rings. The van der Waals surface area contributed by atoms with E-state index in [-0.39, 0.29) is 24.2 Å². The molecule has 0 spiro atoms. The summed E-state index contributed by atoms with van der Waals surface area (Å²) in [5.74, 6) is 0. The van der Waals surface area contributed by atoms with Crippen LogP contribution in [0.4, 0.5) is 0 Å². The first-order chi connectivity index (χ1) is 4.91. The molecule has 12 heavy (non-hydrogen) atoms. The molecule has 0 atom stereocenters. The quantitative estimate of drug-likeness (QED) is 0.502. The normalized spacial score (nSPS) is 9.83. The fraction of sp³-hybridized carbons (Fsp3) is 0.222. The third-order valence-electron chi connectivity index (χ3n) is 0.757. The van der Waals surface area contributed by atoms with Gasteiger partial charge >= 0.3 is 16.8 Å². The summed E-state index contributed by atoms with van der Waals surface area (Å²) in [6.07, 6.45) is 10.7. The minimum Gasteiger partial charge on any atom is -0.358 e. The molecule has 0 bridgehead atoms. The second kappa shape index (κ2) is 16.7. The predicted molar refractivity (Wildman–Crippen MR) is 49.5 cm³/mol. The van der Waals surface area contributed by atoms with Gasteiger partial charge in [-0.25, -0.2) is 25.0 Å². The van der Waals surface area contributed by atoms with Crippen LogP contribution < -0.4 is 0 Å². The van der Waals surface area contributed by atoms with Gasteiger partial charge in [0.25, 0.3) is 0 Å². The van der Waals surface area contributed by atoms with Gasteiger partial charge in [0.15, 0.2) is 0 Å². The maximum Gasteiger partial charge on any atom is 3.00 e. The van der Waals surface area contributed by atoms with Gasteiger partial charge in [-0.1, -0.05) is 0 Å². The summed E-state index contributed by atoms with van der Waals surface area (Å²) in [6.45, 7) is 3.86.